The van der Waals surface area contributed by atoms with E-state index in [2.05, 4.69) is 24.3 Å². The van der Waals surface area contributed by atoms with E-state index in [0.29, 0.717) is 32.6 Å². The zero-order valence-corrected chi connectivity index (χ0v) is 16.0. The van der Waals surface area contributed by atoms with Gasteiger partial charge in [-0.05, 0) is 35.1 Å². The summed E-state index contributed by atoms with van der Waals surface area (Å²) >= 11 is 0. The summed E-state index contributed by atoms with van der Waals surface area (Å²) in [6.07, 6.45) is 0.783. The largest absolute Gasteiger partial charge is 0.480 e. The molecule has 2 heterocycles. The number of carbonyl (C=O) groups is 2. The first kappa shape index (κ1) is 18.2. The normalized spacial score (nSPS) is 21.9. The maximum atomic E-state index is 12.8. The van der Waals surface area contributed by atoms with Crippen molar-refractivity contribution in [2.45, 2.75) is 24.8 Å². The zero-order valence-electron chi connectivity index (χ0n) is 16.0. The summed E-state index contributed by atoms with van der Waals surface area (Å²) in [5.41, 5.74) is 4.23. The number of carboxylic acid groups (broad SMARTS) is 1. The van der Waals surface area contributed by atoms with E-state index in [-0.39, 0.29) is 17.9 Å². The summed E-state index contributed by atoms with van der Waals surface area (Å²) in [7, 11) is 0. The average Bonchev–Trinajstić information content (AvgIpc) is 3.04. The van der Waals surface area contributed by atoms with Gasteiger partial charge in [0.05, 0.1) is 0 Å². The van der Waals surface area contributed by atoms with Crippen molar-refractivity contribution in [1.29, 1.82) is 0 Å². The van der Waals surface area contributed by atoms with E-state index in [1.54, 1.807) is 0 Å². The van der Waals surface area contributed by atoms with Gasteiger partial charge in [0, 0.05) is 31.1 Å². The van der Waals surface area contributed by atoms with Crippen LogP contribution in [0, 0.1) is 5.41 Å². The maximum Gasteiger partial charge on any atom is 0.410 e. The zero-order chi connectivity index (χ0) is 20.0. The molecule has 150 valence electrons. The number of carbonyl (C=O) groups excluding carboxylic acids is 1. The van der Waals surface area contributed by atoms with Gasteiger partial charge in [-0.15, -0.1) is 0 Å². The van der Waals surface area contributed by atoms with E-state index in [9.17, 15) is 14.7 Å². The van der Waals surface area contributed by atoms with Crippen LogP contribution in [0.1, 0.15) is 29.9 Å². The Morgan fingerprint density at radius 3 is 2.21 bits per heavy atom. The minimum absolute atomic E-state index is 0.0343. The van der Waals surface area contributed by atoms with Crippen LogP contribution in [0.3, 0.4) is 0 Å². The lowest BCUT2D eigenvalue weighted by atomic mass is 9.66. The minimum Gasteiger partial charge on any atom is -0.480 e. The first-order valence-corrected chi connectivity index (χ1v) is 10.0. The van der Waals surface area contributed by atoms with Crippen LogP contribution in [0.25, 0.3) is 11.1 Å². The van der Waals surface area contributed by atoms with Crippen molar-refractivity contribution in [1.82, 2.24) is 4.90 Å². The van der Waals surface area contributed by atoms with Gasteiger partial charge in [-0.2, -0.15) is 0 Å². The number of ether oxygens (including phenoxy) is 2. The fourth-order valence-corrected chi connectivity index (χ4v) is 5.19. The lowest BCUT2D eigenvalue weighted by Crippen LogP contribution is -2.70. The molecule has 2 aliphatic heterocycles. The smallest absolute Gasteiger partial charge is 0.410 e. The average molecular weight is 393 g/mol. The summed E-state index contributed by atoms with van der Waals surface area (Å²) in [4.78, 5) is 26.0. The molecule has 6 nitrogen and oxygen atoms in total. The molecule has 0 unspecified atom stereocenters. The summed E-state index contributed by atoms with van der Waals surface area (Å²) in [6, 6.07) is 15.5. The van der Waals surface area contributed by atoms with Crippen LogP contribution in [0.4, 0.5) is 4.79 Å². The third kappa shape index (κ3) is 2.82. The second-order valence-electron chi connectivity index (χ2n) is 8.15. The van der Waals surface area contributed by atoms with Crippen LogP contribution >= 0.6 is 0 Å². The molecule has 29 heavy (non-hydrogen) atoms. The van der Waals surface area contributed by atoms with Gasteiger partial charge in [0.25, 0.3) is 0 Å². The van der Waals surface area contributed by atoms with Gasteiger partial charge < -0.3 is 14.6 Å². The Morgan fingerprint density at radius 2 is 1.62 bits per heavy atom. The lowest BCUT2D eigenvalue weighted by molar-refractivity contribution is -0.172. The van der Waals surface area contributed by atoms with Crippen LogP contribution in [-0.2, 0) is 14.3 Å². The number of likely N-dealkylation sites (tertiary alicyclic amines) is 1. The molecule has 0 radical (unpaired) electrons. The fourth-order valence-electron chi connectivity index (χ4n) is 5.19. The molecule has 0 bridgehead atoms. The molecule has 1 amide bonds. The Hall–Kier alpha value is -2.86. The van der Waals surface area contributed by atoms with E-state index >= 15 is 0 Å². The number of carboxylic acids is 1. The molecule has 3 aliphatic rings. The standard InChI is InChI=1S/C23H23NO5/c25-21(26)20-23(9-11-28-12-10-23)14-24(20)22(27)29-13-19-17-7-3-1-5-15(17)16-6-2-4-8-18(16)19/h1-8,19-20H,9-14H2,(H,25,26)/t20-/m1/s1. The molecule has 2 aromatic rings. The predicted molar refractivity (Wildman–Crippen MR) is 106 cm³/mol. The van der Waals surface area contributed by atoms with E-state index < -0.39 is 18.1 Å². The number of fused-ring (bicyclic) bond motifs is 3. The topological polar surface area (TPSA) is 76.1 Å². The van der Waals surface area contributed by atoms with E-state index in [0.717, 1.165) is 22.3 Å². The molecule has 2 saturated heterocycles. The number of hydrogen-bond donors (Lipinski definition) is 1. The van der Waals surface area contributed by atoms with Crippen molar-refractivity contribution >= 4 is 12.1 Å². The van der Waals surface area contributed by atoms with E-state index in [1.807, 2.05) is 24.3 Å². The molecule has 1 aliphatic carbocycles. The highest BCUT2D eigenvalue weighted by Crippen LogP contribution is 2.47. The molecule has 1 N–H and O–H groups in total. The number of nitrogens with zero attached hydrogens (tertiary/aromatic N) is 1. The summed E-state index contributed by atoms with van der Waals surface area (Å²) < 4.78 is 11.0. The fraction of sp³-hybridized carbons (Fsp3) is 0.391. The van der Waals surface area contributed by atoms with Crippen molar-refractivity contribution in [3.63, 3.8) is 0 Å². The minimum atomic E-state index is -0.966. The molecular weight excluding hydrogens is 370 g/mol. The van der Waals surface area contributed by atoms with Crippen molar-refractivity contribution in [2.75, 3.05) is 26.4 Å². The van der Waals surface area contributed by atoms with Crippen LogP contribution in [-0.4, -0.2) is 54.5 Å². The lowest BCUT2D eigenvalue weighted by Gasteiger charge is -2.56. The molecule has 5 rings (SSSR count). The molecule has 6 heteroatoms. The van der Waals surface area contributed by atoms with Crippen LogP contribution in [0.15, 0.2) is 48.5 Å². The number of amides is 1. The summed E-state index contributed by atoms with van der Waals surface area (Å²) in [5.74, 6) is -1.00. The van der Waals surface area contributed by atoms with Gasteiger partial charge in [0.15, 0.2) is 0 Å². The van der Waals surface area contributed by atoms with Gasteiger partial charge in [-0.3, -0.25) is 4.90 Å². The highest BCUT2D eigenvalue weighted by molar-refractivity contribution is 5.84. The summed E-state index contributed by atoms with van der Waals surface area (Å²) in [6.45, 7) is 1.71. The van der Waals surface area contributed by atoms with Gasteiger partial charge >= 0.3 is 12.1 Å². The van der Waals surface area contributed by atoms with Gasteiger partial charge in [-0.1, -0.05) is 48.5 Å². The van der Waals surface area contributed by atoms with E-state index in [1.165, 1.54) is 4.90 Å². The van der Waals surface area contributed by atoms with Crippen molar-refractivity contribution in [3.05, 3.63) is 59.7 Å². The second-order valence-corrected chi connectivity index (χ2v) is 8.15. The Kier molecular flexibility index (Phi) is 4.32. The maximum absolute atomic E-state index is 12.8. The molecule has 2 fully saturated rings. The highest BCUT2D eigenvalue weighted by Gasteiger charge is 2.59. The molecule has 0 aromatic heterocycles. The summed E-state index contributed by atoms with van der Waals surface area (Å²) in [5, 5.41) is 9.72. The quantitative estimate of drug-likeness (QED) is 0.864. The molecule has 1 spiro atoms. The molecule has 1 atom stereocenters. The van der Waals surface area contributed by atoms with Crippen molar-refractivity contribution < 1.29 is 24.2 Å². The number of benzene rings is 2. The Balaban J connectivity index is 1.32. The Labute approximate surface area is 169 Å². The first-order valence-electron chi connectivity index (χ1n) is 10.0. The SMILES string of the molecule is O=C(O)[C@H]1N(C(=O)OCC2c3ccccc3-c3ccccc32)CC12CCOCC2. The number of aliphatic carboxylic acids is 1. The predicted octanol–water partition coefficient (Wildman–Crippen LogP) is 3.50. The van der Waals surface area contributed by atoms with Crippen LogP contribution in [0.5, 0.6) is 0 Å². The van der Waals surface area contributed by atoms with Crippen molar-refractivity contribution in [2.24, 2.45) is 5.41 Å². The van der Waals surface area contributed by atoms with Crippen LogP contribution in [0.2, 0.25) is 0 Å². The molecule has 0 saturated carbocycles. The molecule has 2 aromatic carbocycles. The number of hydrogen-bond acceptors (Lipinski definition) is 4. The van der Waals surface area contributed by atoms with Crippen LogP contribution < -0.4 is 0 Å². The van der Waals surface area contributed by atoms with E-state index in [4.69, 9.17) is 9.47 Å². The van der Waals surface area contributed by atoms with Gasteiger partial charge in [0.1, 0.15) is 12.6 Å². The Morgan fingerprint density at radius 1 is 1.03 bits per heavy atom. The van der Waals surface area contributed by atoms with Gasteiger partial charge in [-0.25, -0.2) is 9.59 Å². The Bertz CT molecular complexity index is 920. The molecular formula is C23H23NO5. The monoisotopic (exact) mass is 393 g/mol. The third-order valence-electron chi connectivity index (χ3n) is 6.67. The highest BCUT2D eigenvalue weighted by atomic mass is 16.6. The number of rotatable bonds is 3. The van der Waals surface area contributed by atoms with Crippen molar-refractivity contribution in [3.8, 4) is 11.1 Å². The van der Waals surface area contributed by atoms with Gasteiger partial charge in [0.2, 0.25) is 0 Å². The second kappa shape index (κ2) is 6.88. The third-order valence-corrected chi connectivity index (χ3v) is 6.67. The first-order chi connectivity index (χ1) is 14.1.